The Kier molecular flexibility index (Phi) is 3.09. The molecule has 0 aliphatic heterocycles. The van der Waals surface area contributed by atoms with E-state index in [0.29, 0.717) is 0 Å². The van der Waals surface area contributed by atoms with E-state index in [1.54, 1.807) is 13.8 Å². The summed E-state index contributed by atoms with van der Waals surface area (Å²) in [6.07, 6.45) is 2.57. The molecule has 0 saturated carbocycles. The quantitative estimate of drug-likeness (QED) is 0.602. The molecule has 3 heteroatoms. The molecule has 0 atom stereocenters. The zero-order valence-electron chi connectivity index (χ0n) is 6.42. The number of carboxylic acids is 1. The maximum absolute atomic E-state index is 10.0. The van der Waals surface area contributed by atoms with Crippen molar-refractivity contribution in [2.45, 2.75) is 19.4 Å². The first-order valence-electron chi connectivity index (χ1n) is 2.95. The van der Waals surface area contributed by atoms with Gasteiger partial charge in [-0.25, -0.2) is 4.79 Å². The van der Waals surface area contributed by atoms with E-state index >= 15 is 0 Å². The molecule has 0 radical (unpaired) electrons. The highest BCUT2D eigenvalue weighted by Crippen LogP contribution is 2.07. The number of hydrogen-bond acceptors (Lipinski definition) is 2. The summed E-state index contributed by atoms with van der Waals surface area (Å²) in [5.74, 6) is -0.954. The van der Waals surface area contributed by atoms with Crippen LogP contribution < -0.4 is 0 Å². The van der Waals surface area contributed by atoms with Crippen LogP contribution in [-0.2, 0) is 9.53 Å². The van der Waals surface area contributed by atoms with Gasteiger partial charge in [-0.05, 0) is 19.9 Å². The predicted molar refractivity (Wildman–Crippen MR) is 37.9 cm³/mol. The molecular weight excluding hydrogens is 132 g/mol. The number of rotatable bonds is 3. The van der Waals surface area contributed by atoms with Crippen molar-refractivity contribution in [1.29, 1.82) is 0 Å². The summed E-state index contributed by atoms with van der Waals surface area (Å²) < 4.78 is 4.94. The Bertz CT molecular complexity index is 147. The standard InChI is InChI=1S/C7H12O3/c1-7(2,10-3)5-4-6(8)9/h4-5H,1-3H3,(H,8,9). The van der Waals surface area contributed by atoms with Crippen LogP contribution in [0.4, 0.5) is 0 Å². The maximum atomic E-state index is 10.0. The van der Waals surface area contributed by atoms with Gasteiger partial charge in [0.15, 0.2) is 0 Å². The first-order valence-corrected chi connectivity index (χ1v) is 2.95. The molecular formula is C7H12O3. The van der Waals surface area contributed by atoms with E-state index in [1.807, 2.05) is 0 Å². The fourth-order valence-corrected chi connectivity index (χ4v) is 0.340. The predicted octanol–water partition coefficient (Wildman–Crippen LogP) is 1.05. The first-order chi connectivity index (χ1) is 4.48. The van der Waals surface area contributed by atoms with Crippen LogP contribution in [0.3, 0.4) is 0 Å². The third kappa shape index (κ3) is 4.09. The number of carbonyl (C=O) groups is 1. The molecule has 0 heterocycles. The molecule has 0 aromatic rings. The highest BCUT2D eigenvalue weighted by Gasteiger charge is 2.10. The minimum absolute atomic E-state index is 0.488. The van der Waals surface area contributed by atoms with Crippen LogP contribution in [0.2, 0.25) is 0 Å². The topological polar surface area (TPSA) is 46.5 Å². The summed E-state index contributed by atoms with van der Waals surface area (Å²) in [6, 6.07) is 0. The molecule has 10 heavy (non-hydrogen) atoms. The van der Waals surface area contributed by atoms with E-state index in [2.05, 4.69) is 0 Å². The molecule has 0 aromatic carbocycles. The van der Waals surface area contributed by atoms with Crippen molar-refractivity contribution < 1.29 is 14.6 Å². The van der Waals surface area contributed by atoms with Crippen LogP contribution in [0, 0.1) is 0 Å². The largest absolute Gasteiger partial charge is 0.478 e. The minimum atomic E-state index is -0.954. The van der Waals surface area contributed by atoms with Crippen LogP contribution in [0.5, 0.6) is 0 Å². The van der Waals surface area contributed by atoms with E-state index in [-0.39, 0.29) is 0 Å². The Morgan fingerprint density at radius 2 is 2.10 bits per heavy atom. The van der Waals surface area contributed by atoms with Gasteiger partial charge in [-0.3, -0.25) is 0 Å². The van der Waals surface area contributed by atoms with Gasteiger partial charge in [-0.2, -0.15) is 0 Å². The number of ether oxygens (including phenoxy) is 1. The molecule has 0 unspecified atom stereocenters. The Morgan fingerprint density at radius 3 is 2.40 bits per heavy atom. The van der Waals surface area contributed by atoms with Crippen LogP contribution >= 0.6 is 0 Å². The second-order valence-electron chi connectivity index (χ2n) is 2.48. The second kappa shape index (κ2) is 3.37. The zero-order chi connectivity index (χ0) is 8.20. The van der Waals surface area contributed by atoms with Gasteiger partial charge in [0.2, 0.25) is 0 Å². The van der Waals surface area contributed by atoms with Crippen molar-refractivity contribution in [1.82, 2.24) is 0 Å². The van der Waals surface area contributed by atoms with Gasteiger partial charge >= 0.3 is 5.97 Å². The van der Waals surface area contributed by atoms with Crippen molar-refractivity contribution in [2.24, 2.45) is 0 Å². The molecule has 58 valence electrons. The summed E-state index contributed by atoms with van der Waals surface area (Å²) in [4.78, 5) is 10.0. The number of carboxylic acid groups (broad SMARTS) is 1. The van der Waals surface area contributed by atoms with Crippen LogP contribution in [0.25, 0.3) is 0 Å². The van der Waals surface area contributed by atoms with Gasteiger partial charge in [-0.1, -0.05) is 0 Å². The SMILES string of the molecule is COC(C)(C)C=CC(=O)O. The average Bonchev–Trinajstić information content (AvgIpc) is 1.85. The molecule has 0 aromatic heterocycles. The monoisotopic (exact) mass is 144 g/mol. The second-order valence-corrected chi connectivity index (χ2v) is 2.48. The third-order valence-electron chi connectivity index (χ3n) is 1.15. The van der Waals surface area contributed by atoms with Crippen molar-refractivity contribution in [3.63, 3.8) is 0 Å². The fourth-order valence-electron chi connectivity index (χ4n) is 0.340. The molecule has 0 amide bonds. The highest BCUT2D eigenvalue weighted by molar-refractivity contribution is 5.79. The summed E-state index contributed by atoms with van der Waals surface area (Å²) in [5, 5.41) is 8.23. The Labute approximate surface area is 60.3 Å². The molecule has 3 nitrogen and oxygen atoms in total. The van der Waals surface area contributed by atoms with Crippen molar-refractivity contribution >= 4 is 5.97 Å². The molecule has 0 bridgehead atoms. The molecule has 1 N–H and O–H groups in total. The lowest BCUT2D eigenvalue weighted by Crippen LogP contribution is -2.18. The van der Waals surface area contributed by atoms with E-state index in [4.69, 9.17) is 9.84 Å². The van der Waals surface area contributed by atoms with Crippen LogP contribution in [-0.4, -0.2) is 23.8 Å². The summed E-state index contributed by atoms with van der Waals surface area (Å²) in [6.45, 7) is 3.57. The van der Waals surface area contributed by atoms with E-state index in [0.717, 1.165) is 6.08 Å². The van der Waals surface area contributed by atoms with Gasteiger partial charge in [0.25, 0.3) is 0 Å². The molecule has 0 spiro atoms. The number of methoxy groups -OCH3 is 1. The van der Waals surface area contributed by atoms with Crippen LogP contribution in [0.1, 0.15) is 13.8 Å². The lowest BCUT2D eigenvalue weighted by Gasteiger charge is -2.16. The molecule has 0 saturated heterocycles. The Hall–Kier alpha value is -0.830. The maximum Gasteiger partial charge on any atom is 0.328 e. The fraction of sp³-hybridized carbons (Fsp3) is 0.571. The molecule has 0 rings (SSSR count). The van der Waals surface area contributed by atoms with E-state index in [1.165, 1.54) is 13.2 Å². The summed E-state index contributed by atoms with van der Waals surface area (Å²) in [5.41, 5.74) is -0.488. The minimum Gasteiger partial charge on any atom is -0.478 e. The van der Waals surface area contributed by atoms with Gasteiger partial charge < -0.3 is 9.84 Å². The summed E-state index contributed by atoms with van der Waals surface area (Å²) >= 11 is 0. The Morgan fingerprint density at radius 1 is 1.60 bits per heavy atom. The molecule has 0 fully saturated rings. The van der Waals surface area contributed by atoms with Crippen LogP contribution in [0.15, 0.2) is 12.2 Å². The Balaban J connectivity index is 3.99. The van der Waals surface area contributed by atoms with Crippen molar-refractivity contribution in [3.8, 4) is 0 Å². The van der Waals surface area contributed by atoms with Crippen molar-refractivity contribution in [3.05, 3.63) is 12.2 Å². The third-order valence-corrected chi connectivity index (χ3v) is 1.15. The molecule has 0 aliphatic rings. The normalized spacial score (nSPS) is 12.3. The number of hydrogen-bond donors (Lipinski definition) is 1. The van der Waals surface area contributed by atoms with E-state index < -0.39 is 11.6 Å². The van der Waals surface area contributed by atoms with Gasteiger partial charge in [0.1, 0.15) is 0 Å². The first kappa shape index (κ1) is 9.17. The van der Waals surface area contributed by atoms with E-state index in [9.17, 15) is 4.79 Å². The smallest absolute Gasteiger partial charge is 0.328 e. The average molecular weight is 144 g/mol. The zero-order valence-corrected chi connectivity index (χ0v) is 6.42. The molecule has 0 aliphatic carbocycles. The van der Waals surface area contributed by atoms with Gasteiger partial charge in [0.05, 0.1) is 5.60 Å². The summed E-state index contributed by atoms with van der Waals surface area (Å²) in [7, 11) is 1.53. The van der Waals surface area contributed by atoms with Gasteiger partial charge in [0, 0.05) is 13.2 Å². The lowest BCUT2D eigenvalue weighted by atomic mass is 10.1. The lowest BCUT2D eigenvalue weighted by molar-refractivity contribution is -0.131. The van der Waals surface area contributed by atoms with Gasteiger partial charge in [-0.15, -0.1) is 0 Å². The highest BCUT2D eigenvalue weighted by atomic mass is 16.5. The van der Waals surface area contributed by atoms with Crippen molar-refractivity contribution in [2.75, 3.05) is 7.11 Å². The number of aliphatic carboxylic acids is 1.